The van der Waals surface area contributed by atoms with E-state index >= 15 is 0 Å². The second-order valence-electron chi connectivity index (χ2n) is 15.2. The number of nitrogens with zero attached hydrogens (tertiary/aromatic N) is 1. The van der Waals surface area contributed by atoms with E-state index in [9.17, 15) is 0 Å². The molecule has 0 atom stereocenters. The molecule has 264 valence electrons. The van der Waals surface area contributed by atoms with Crippen molar-refractivity contribution in [2.24, 2.45) is 0 Å². The third-order valence-corrected chi connectivity index (χ3v) is 12.1. The van der Waals surface area contributed by atoms with E-state index in [4.69, 9.17) is 0 Å². The van der Waals surface area contributed by atoms with Crippen molar-refractivity contribution in [2.75, 3.05) is 0 Å². The van der Waals surface area contributed by atoms with E-state index < -0.39 is 0 Å². The predicted octanol–water partition coefficient (Wildman–Crippen LogP) is 15.6. The lowest BCUT2D eigenvalue weighted by molar-refractivity contribution is 1.18. The molecule has 57 heavy (non-hydrogen) atoms. The molecule has 0 aliphatic carbocycles. The minimum Gasteiger partial charge on any atom is -0.309 e. The standard InChI is InChI=1S/C56H35N/c1-3-15-36(16-4-1)53-45-21-9-11-23-47(45)55(48-24-12-10-22-46(48)53)50-35-41(34-39-17-7-8-20-43(39)50)38-29-31-44-40(33-38)28-27-37-30-32-52-56(54(37)44)49-25-13-14-26-51(49)57(52)42-18-5-2-6-19-42/h1-35H. The van der Waals surface area contributed by atoms with E-state index in [1.807, 2.05) is 0 Å². The first kappa shape index (κ1) is 31.8. The van der Waals surface area contributed by atoms with Crippen molar-refractivity contribution in [3.8, 4) is 39.1 Å². The Hall–Kier alpha value is -7.48. The first-order chi connectivity index (χ1) is 28.3. The lowest BCUT2D eigenvalue weighted by atomic mass is 9.83. The van der Waals surface area contributed by atoms with Crippen LogP contribution in [0.5, 0.6) is 0 Å². The molecule has 0 N–H and O–H groups in total. The predicted molar refractivity (Wildman–Crippen MR) is 245 cm³/mol. The van der Waals surface area contributed by atoms with Gasteiger partial charge < -0.3 is 4.57 Å². The number of benzene rings is 11. The second-order valence-corrected chi connectivity index (χ2v) is 15.2. The van der Waals surface area contributed by atoms with E-state index in [1.165, 1.54) is 115 Å². The van der Waals surface area contributed by atoms with Gasteiger partial charge in [0.2, 0.25) is 0 Å². The van der Waals surface area contributed by atoms with Crippen molar-refractivity contribution in [3.63, 3.8) is 0 Å². The van der Waals surface area contributed by atoms with Crippen LogP contribution in [-0.4, -0.2) is 4.57 Å². The molecule has 1 heteroatoms. The minimum atomic E-state index is 1.17. The van der Waals surface area contributed by atoms with Crippen LogP contribution < -0.4 is 0 Å². The Bertz CT molecular complexity index is 3500. The zero-order chi connectivity index (χ0) is 37.5. The molecule has 0 saturated heterocycles. The number of aromatic nitrogens is 1. The lowest BCUT2D eigenvalue weighted by Gasteiger charge is -2.19. The van der Waals surface area contributed by atoms with Gasteiger partial charge in [-0.3, -0.25) is 0 Å². The summed E-state index contributed by atoms with van der Waals surface area (Å²) in [4.78, 5) is 0. The maximum atomic E-state index is 2.44. The molecule has 11 aromatic carbocycles. The van der Waals surface area contributed by atoms with Crippen molar-refractivity contribution in [2.45, 2.75) is 0 Å². The van der Waals surface area contributed by atoms with Gasteiger partial charge in [0.1, 0.15) is 0 Å². The molecule has 1 aromatic heterocycles. The Balaban J connectivity index is 1.11. The Labute approximate surface area is 330 Å². The van der Waals surface area contributed by atoms with E-state index in [0.29, 0.717) is 0 Å². The molecule has 0 fully saturated rings. The summed E-state index contributed by atoms with van der Waals surface area (Å²) in [5.74, 6) is 0. The van der Waals surface area contributed by atoms with Gasteiger partial charge in [-0.1, -0.05) is 170 Å². The highest BCUT2D eigenvalue weighted by Gasteiger charge is 2.20. The molecule has 0 amide bonds. The molecule has 0 radical (unpaired) electrons. The maximum Gasteiger partial charge on any atom is 0.0547 e. The van der Waals surface area contributed by atoms with Gasteiger partial charge in [0.15, 0.2) is 0 Å². The number of fused-ring (bicyclic) bond motifs is 10. The van der Waals surface area contributed by atoms with Gasteiger partial charge in [-0.05, 0) is 130 Å². The fourth-order valence-electron chi connectivity index (χ4n) is 9.67. The van der Waals surface area contributed by atoms with Crippen LogP contribution in [0.3, 0.4) is 0 Å². The maximum absolute atomic E-state index is 2.44. The second kappa shape index (κ2) is 12.5. The van der Waals surface area contributed by atoms with Gasteiger partial charge in [0, 0.05) is 16.5 Å². The van der Waals surface area contributed by atoms with Crippen LogP contribution in [0, 0.1) is 0 Å². The summed E-state index contributed by atoms with van der Waals surface area (Å²) in [7, 11) is 0. The quantitative estimate of drug-likeness (QED) is 0.126. The minimum absolute atomic E-state index is 1.17. The molecule has 12 aromatic rings. The molecule has 0 aliphatic rings. The van der Waals surface area contributed by atoms with Gasteiger partial charge in [-0.15, -0.1) is 0 Å². The van der Waals surface area contributed by atoms with Gasteiger partial charge >= 0.3 is 0 Å². The first-order valence-corrected chi connectivity index (χ1v) is 19.8. The monoisotopic (exact) mass is 721 g/mol. The Kier molecular flexibility index (Phi) is 7.00. The summed E-state index contributed by atoms with van der Waals surface area (Å²) >= 11 is 0. The van der Waals surface area contributed by atoms with Crippen LogP contribution in [0.1, 0.15) is 0 Å². The van der Waals surface area contributed by atoms with Crippen LogP contribution in [-0.2, 0) is 0 Å². The van der Waals surface area contributed by atoms with Gasteiger partial charge in [-0.25, -0.2) is 0 Å². The number of hydrogen-bond acceptors (Lipinski definition) is 0. The molecule has 1 nitrogen and oxygen atoms in total. The van der Waals surface area contributed by atoms with Crippen molar-refractivity contribution < 1.29 is 0 Å². The Morgan fingerprint density at radius 2 is 0.807 bits per heavy atom. The highest BCUT2D eigenvalue weighted by atomic mass is 15.0. The van der Waals surface area contributed by atoms with Gasteiger partial charge in [0.25, 0.3) is 0 Å². The average Bonchev–Trinajstić information content (AvgIpc) is 3.62. The summed E-state index contributed by atoms with van der Waals surface area (Å²) in [5.41, 5.74) is 11.1. The summed E-state index contributed by atoms with van der Waals surface area (Å²) in [6.07, 6.45) is 0. The first-order valence-electron chi connectivity index (χ1n) is 19.8. The average molecular weight is 722 g/mol. The molecule has 12 rings (SSSR count). The van der Waals surface area contributed by atoms with Crippen LogP contribution >= 0.6 is 0 Å². The topological polar surface area (TPSA) is 4.93 Å². The number of rotatable bonds is 4. The van der Waals surface area contributed by atoms with Crippen molar-refractivity contribution >= 4 is 75.7 Å². The summed E-state index contributed by atoms with van der Waals surface area (Å²) in [5, 5.41) is 15.2. The number of hydrogen-bond donors (Lipinski definition) is 0. The Morgan fingerprint density at radius 1 is 0.263 bits per heavy atom. The van der Waals surface area contributed by atoms with Crippen LogP contribution in [0.4, 0.5) is 0 Å². The Morgan fingerprint density at radius 3 is 1.54 bits per heavy atom. The molecular formula is C56H35N. The molecule has 0 aliphatic heterocycles. The summed E-state index contributed by atoms with van der Waals surface area (Å²) < 4.78 is 2.41. The van der Waals surface area contributed by atoms with Crippen molar-refractivity contribution in [3.05, 3.63) is 212 Å². The smallest absolute Gasteiger partial charge is 0.0547 e. The van der Waals surface area contributed by atoms with E-state index in [0.717, 1.165) is 0 Å². The van der Waals surface area contributed by atoms with Gasteiger partial charge in [-0.2, -0.15) is 0 Å². The molecule has 1 heterocycles. The summed E-state index contributed by atoms with van der Waals surface area (Å²) in [6, 6.07) is 78.3. The molecule has 0 saturated carbocycles. The van der Waals surface area contributed by atoms with Crippen LogP contribution in [0.15, 0.2) is 212 Å². The molecular weight excluding hydrogens is 687 g/mol. The third-order valence-electron chi connectivity index (χ3n) is 12.1. The van der Waals surface area contributed by atoms with Crippen molar-refractivity contribution in [1.82, 2.24) is 4.57 Å². The highest BCUT2D eigenvalue weighted by molar-refractivity contribution is 6.29. The van der Waals surface area contributed by atoms with Crippen LogP contribution in [0.25, 0.3) is 115 Å². The largest absolute Gasteiger partial charge is 0.309 e. The third kappa shape index (κ3) is 4.83. The zero-order valence-corrected chi connectivity index (χ0v) is 31.2. The fraction of sp³-hybridized carbons (Fsp3) is 0. The zero-order valence-electron chi connectivity index (χ0n) is 31.2. The molecule has 0 bridgehead atoms. The molecule has 0 unspecified atom stereocenters. The van der Waals surface area contributed by atoms with Crippen LogP contribution in [0.2, 0.25) is 0 Å². The van der Waals surface area contributed by atoms with Gasteiger partial charge in [0.05, 0.1) is 11.0 Å². The highest BCUT2D eigenvalue weighted by Crippen LogP contribution is 2.47. The molecule has 0 spiro atoms. The van der Waals surface area contributed by atoms with E-state index in [2.05, 4.69) is 217 Å². The summed E-state index contributed by atoms with van der Waals surface area (Å²) in [6.45, 7) is 0. The lowest BCUT2D eigenvalue weighted by Crippen LogP contribution is -1.93. The fourth-order valence-corrected chi connectivity index (χ4v) is 9.67. The van der Waals surface area contributed by atoms with E-state index in [-0.39, 0.29) is 0 Å². The SMILES string of the molecule is c1ccc(-c2c3ccccc3c(-c3cc(-c4ccc5c(ccc6ccc7c(c8ccccc8n7-c7ccccc7)c65)c4)cc4ccccc34)c3ccccc23)cc1. The van der Waals surface area contributed by atoms with Crippen molar-refractivity contribution in [1.29, 1.82) is 0 Å². The van der Waals surface area contributed by atoms with E-state index in [1.54, 1.807) is 0 Å². The number of para-hydroxylation sites is 2. The normalized spacial score (nSPS) is 11.9.